The largest absolute Gasteiger partial charge is 0.485 e. The molecule has 1 unspecified atom stereocenters. The van der Waals surface area contributed by atoms with E-state index in [1.807, 2.05) is 38.5 Å². The minimum atomic E-state index is -0.334. The van der Waals surface area contributed by atoms with Crippen LogP contribution in [-0.2, 0) is 28.1 Å². The fourth-order valence-electron chi connectivity index (χ4n) is 3.27. The van der Waals surface area contributed by atoms with Gasteiger partial charge in [-0.1, -0.05) is 27.7 Å². The summed E-state index contributed by atoms with van der Waals surface area (Å²) in [4.78, 5) is 24.4. The summed E-state index contributed by atoms with van der Waals surface area (Å²) in [6, 6.07) is 0. The summed E-state index contributed by atoms with van der Waals surface area (Å²) in [5.41, 5.74) is -0.618. The predicted octanol–water partition coefficient (Wildman–Crippen LogP) is 2.78. The fourth-order valence-corrected chi connectivity index (χ4v) is 4.01. The van der Waals surface area contributed by atoms with E-state index in [1.165, 1.54) is 11.3 Å². The number of nitrogens with one attached hydrogen (secondary N) is 2. The highest BCUT2D eigenvalue weighted by Crippen LogP contribution is 2.35. The van der Waals surface area contributed by atoms with E-state index in [4.69, 9.17) is 35.6 Å². The lowest BCUT2D eigenvalue weighted by molar-refractivity contribution is -0.128. The van der Waals surface area contributed by atoms with E-state index in [-0.39, 0.29) is 42.0 Å². The third-order valence-electron chi connectivity index (χ3n) is 5.11. The molecule has 0 radical (unpaired) electrons. The summed E-state index contributed by atoms with van der Waals surface area (Å²) in [5.74, 6) is 1.20. The standard InChI is InChI=1S/C24H39ClN2O8S/c1-23(2,9-21(28)26-5-6-30-7-8-34-25)16-32-17-24(3,4)15-27-22(29)12-31-10-18-11-33-19-13-36-14-20(19)35-18/h13-14,18H,5-12,15-17H2,1-4H3,(H,26,28)(H,27,29). The number of thiophene rings is 1. The van der Waals surface area contributed by atoms with Crippen molar-refractivity contribution < 1.29 is 37.6 Å². The lowest BCUT2D eigenvalue weighted by atomic mass is 9.89. The van der Waals surface area contributed by atoms with Gasteiger partial charge in [0.25, 0.3) is 0 Å². The summed E-state index contributed by atoms with van der Waals surface area (Å²) in [7, 11) is 0. The summed E-state index contributed by atoms with van der Waals surface area (Å²) < 4.78 is 32.4. The molecule has 1 aliphatic rings. The molecular weight excluding hydrogens is 512 g/mol. The van der Waals surface area contributed by atoms with Crippen LogP contribution in [0.2, 0.25) is 0 Å². The first-order chi connectivity index (χ1) is 17.1. The van der Waals surface area contributed by atoms with Crippen LogP contribution in [0.5, 0.6) is 11.5 Å². The van der Waals surface area contributed by atoms with Gasteiger partial charge >= 0.3 is 0 Å². The van der Waals surface area contributed by atoms with Crippen LogP contribution >= 0.6 is 23.2 Å². The van der Waals surface area contributed by atoms with Crippen molar-refractivity contribution >= 4 is 35.0 Å². The van der Waals surface area contributed by atoms with Crippen LogP contribution < -0.4 is 20.1 Å². The molecule has 12 heteroatoms. The molecule has 2 amide bonds. The average molecular weight is 551 g/mol. The molecule has 1 atom stereocenters. The van der Waals surface area contributed by atoms with Crippen molar-refractivity contribution in [2.24, 2.45) is 10.8 Å². The van der Waals surface area contributed by atoms with Gasteiger partial charge < -0.3 is 34.3 Å². The number of ether oxygens (including phenoxy) is 5. The van der Waals surface area contributed by atoms with E-state index in [1.54, 1.807) is 0 Å². The van der Waals surface area contributed by atoms with Gasteiger partial charge in [-0.2, -0.15) is 0 Å². The zero-order valence-corrected chi connectivity index (χ0v) is 23.1. The van der Waals surface area contributed by atoms with Gasteiger partial charge in [0.05, 0.1) is 51.5 Å². The predicted molar refractivity (Wildman–Crippen MR) is 137 cm³/mol. The summed E-state index contributed by atoms with van der Waals surface area (Å²) in [5, 5.41) is 9.49. The Kier molecular flexibility index (Phi) is 13.2. The molecule has 0 bridgehead atoms. The molecule has 10 nitrogen and oxygen atoms in total. The third-order valence-corrected chi connectivity index (χ3v) is 5.97. The first-order valence-corrected chi connectivity index (χ1v) is 13.2. The van der Waals surface area contributed by atoms with E-state index >= 15 is 0 Å². The van der Waals surface area contributed by atoms with Gasteiger partial charge in [0.15, 0.2) is 17.6 Å². The zero-order chi connectivity index (χ0) is 26.4. The van der Waals surface area contributed by atoms with Crippen molar-refractivity contribution in [1.29, 1.82) is 0 Å². The maximum Gasteiger partial charge on any atom is 0.246 e. The highest BCUT2D eigenvalue weighted by atomic mass is 35.5. The number of carbonyl (C=O) groups excluding carboxylic acids is 2. The topological polar surface area (TPSA) is 114 Å². The van der Waals surface area contributed by atoms with E-state index in [9.17, 15) is 9.59 Å². The summed E-state index contributed by atoms with van der Waals surface area (Å²) in [6.45, 7) is 11.4. The average Bonchev–Trinajstić information content (AvgIpc) is 3.27. The molecule has 0 fully saturated rings. The molecule has 0 saturated carbocycles. The molecule has 2 N–H and O–H groups in total. The molecule has 206 valence electrons. The van der Waals surface area contributed by atoms with E-state index < -0.39 is 0 Å². The number of halogens is 1. The van der Waals surface area contributed by atoms with Crippen molar-refractivity contribution in [3.63, 3.8) is 0 Å². The van der Waals surface area contributed by atoms with Crippen LogP contribution in [-0.4, -0.2) is 83.9 Å². The molecule has 0 spiro atoms. The quantitative estimate of drug-likeness (QED) is 0.268. The molecule has 0 saturated heterocycles. The summed E-state index contributed by atoms with van der Waals surface area (Å²) in [6.07, 6.45) is 0.0927. The third kappa shape index (κ3) is 12.6. The van der Waals surface area contributed by atoms with Crippen LogP contribution in [0.25, 0.3) is 0 Å². The van der Waals surface area contributed by atoms with Crippen LogP contribution in [0.4, 0.5) is 0 Å². The second-order valence-corrected chi connectivity index (χ2v) is 11.2. The van der Waals surface area contributed by atoms with Gasteiger partial charge in [-0.25, -0.2) is 0 Å². The highest BCUT2D eigenvalue weighted by molar-refractivity contribution is 7.08. The van der Waals surface area contributed by atoms with E-state index in [0.29, 0.717) is 64.9 Å². The van der Waals surface area contributed by atoms with Gasteiger partial charge in [-0.05, 0) is 5.41 Å². The van der Waals surface area contributed by atoms with Crippen molar-refractivity contribution in [2.75, 3.05) is 65.9 Å². The number of hydrogen-bond donors (Lipinski definition) is 2. The van der Waals surface area contributed by atoms with Crippen molar-refractivity contribution in [2.45, 2.75) is 40.2 Å². The lowest BCUT2D eigenvalue weighted by Crippen LogP contribution is -2.40. The van der Waals surface area contributed by atoms with Crippen LogP contribution in [0.15, 0.2) is 10.8 Å². The zero-order valence-electron chi connectivity index (χ0n) is 21.6. The van der Waals surface area contributed by atoms with Crippen molar-refractivity contribution in [3.8, 4) is 11.5 Å². The van der Waals surface area contributed by atoms with Gasteiger partial charge in [0.1, 0.15) is 13.2 Å². The normalized spacial score (nSPS) is 15.5. The van der Waals surface area contributed by atoms with Gasteiger partial charge in [0.2, 0.25) is 11.8 Å². The minimum absolute atomic E-state index is 0.0546. The maximum atomic E-state index is 12.2. The van der Waals surface area contributed by atoms with Gasteiger partial charge in [-0.15, -0.1) is 11.3 Å². The molecule has 1 aromatic rings. The second-order valence-electron chi connectivity index (χ2n) is 10.2. The maximum absolute atomic E-state index is 12.2. The first-order valence-electron chi connectivity index (χ1n) is 12.0. The van der Waals surface area contributed by atoms with Crippen LogP contribution in [0.1, 0.15) is 34.1 Å². The Bertz CT molecular complexity index is 805. The Hall–Kier alpha value is -1.63. The molecule has 0 aromatic carbocycles. The van der Waals surface area contributed by atoms with Gasteiger partial charge in [0, 0.05) is 35.7 Å². The van der Waals surface area contributed by atoms with E-state index in [0.717, 1.165) is 5.75 Å². The first kappa shape index (κ1) is 30.6. The fraction of sp³-hybridized carbons (Fsp3) is 0.750. The van der Waals surface area contributed by atoms with Crippen LogP contribution in [0, 0.1) is 10.8 Å². The monoisotopic (exact) mass is 550 g/mol. The van der Waals surface area contributed by atoms with Gasteiger partial charge in [-0.3, -0.25) is 13.9 Å². The number of rotatable bonds is 18. The Morgan fingerprint density at radius 2 is 1.75 bits per heavy atom. The Morgan fingerprint density at radius 1 is 1.00 bits per heavy atom. The minimum Gasteiger partial charge on any atom is -0.485 e. The molecule has 36 heavy (non-hydrogen) atoms. The molecule has 2 rings (SSSR count). The van der Waals surface area contributed by atoms with Crippen molar-refractivity contribution in [3.05, 3.63) is 10.8 Å². The SMILES string of the molecule is CC(C)(CNC(=O)COCC1COc2cscc2O1)COCC(C)(C)CC(=O)NCCOCCOCl. The Labute approximate surface area is 222 Å². The second kappa shape index (κ2) is 15.6. The highest BCUT2D eigenvalue weighted by Gasteiger charge is 2.26. The smallest absolute Gasteiger partial charge is 0.246 e. The molecule has 1 aromatic heterocycles. The Morgan fingerprint density at radius 3 is 2.53 bits per heavy atom. The molecule has 2 heterocycles. The van der Waals surface area contributed by atoms with Crippen molar-refractivity contribution in [1.82, 2.24) is 10.6 Å². The van der Waals surface area contributed by atoms with E-state index in [2.05, 4.69) is 14.9 Å². The van der Waals surface area contributed by atoms with Crippen LogP contribution in [0.3, 0.4) is 0 Å². The summed E-state index contributed by atoms with van der Waals surface area (Å²) >= 11 is 6.61. The lowest BCUT2D eigenvalue weighted by Gasteiger charge is -2.29. The Balaban J connectivity index is 1.54. The number of hydrogen-bond acceptors (Lipinski definition) is 9. The number of amides is 2. The molecule has 0 aliphatic carbocycles. The molecular formula is C24H39ClN2O8S. The number of carbonyl (C=O) groups is 2. The number of fused-ring (bicyclic) bond motifs is 1. The molecule has 1 aliphatic heterocycles.